The molecule has 0 fully saturated rings. The van der Waals surface area contributed by atoms with Crippen LogP contribution in [0.4, 0.5) is 19.0 Å². The van der Waals surface area contributed by atoms with Gasteiger partial charge in [-0.05, 0) is 18.9 Å². The van der Waals surface area contributed by atoms with Crippen molar-refractivity contribution in [2.45, 2.75) is 25.6 Å². The zero-order valence-corrected chi connectivity index (χ0v) is 10.9. The normalized spacial score (nSPS) is 18.5. The molecule has 1 aliphatic rings. The van der Waals surface area contributed by atoms with E-state index in [9.17, 15) is 13.2 Å². The molecule has 0 spiro atoms. The molecule has 3 rings (SSSR count). The summed E-state index contributed by atoms with van der Waals surface area (Å²) in [5.74, 6) is 0.426. The molecule has 0 radical (unpaired) electrons. The topological polar surface area (TPSA) is 29.9 Å². The van der Waals surface area contributed by atoms with Crippen LogP contribution >= 0.6 is 0 Å². The van der Waals surface area contributed by atoms with Crippen molar-refractivity contribution in [3.05, 3.63) is 47.2 Å². The smallest absolute Gasteiger partial charge is 0.370 e. The average molecular weight is 281 g/mol. The van der Waals surface area contributed by atoms with E-state index in [0.29, 0.717) is 12.4 Å². The van der Waals surface area contributed by atoms with Gasteiger partial charge in [-0.25, -0.2) is 4.68 Å². The number of nitrogens with one attached hydrogen (secondary N) is 1. The van der Waals surface area contributed by atoms with E-state index in [1.165, 1.54) is 4.68 Å². The van der Waals surface area contributed by atoms with Crippen LogP contribution in [0.15, 0.2) is 30.3 Å². The van der Waals surface area contributed by atoms with Gasteiger partial charge >= 0.3 is 6.18 Å². The Hall–Kier alpha value is -1.98. The van der Waals surface area contributed by atoms with Crippen LogP contribution in [-0.2, 0) is 6.18 Å². The number of alkyl halides is 3. The lowest BCUT2D eigenvalue weighted by Gasteiger charge is -2.26. The number of rotatable bonds is 1. The van der Waals surface area contributed by atoms with Crippen molar-refractivity contribution in [2.75, 3.05) is 11.9 Å². The molecule has 0 saturated carbocycles. The lowest BCUT2D eigenvalue weighted by molar-refractivity contribution is -0.141. The average Bonchev–Trinajstić information content (AvgIpc) is 2.82. The molecule has 3 nitrogen and oxygen atoms in total. The number of fused-ring (bicyclic) bond motifs is 1. The van der Waals surface area contributed by atoms with Crippen LogP contribution in [0, 0.1) is 6.92 Å². The minimum Gasteiger partial charge on any atom is -0.370 e. The third kappa shape index (κ3) is 2.26. The van der Waals surface area contributed by atoms with Gasteiger partial charge in [-0.15, -0.1) is 0 Å². The van der Waals surface area contributed by atoms with E-state index in [0.717, 1.165) is 23.6 Å². The summed E-state index contributed by atoms with van der Waals surface area (Å²) >= 11 is 0. The van der Waals surface area contributed by atoms with Crippen LogP contribution in [0.25, 0.3) is 0 Å². The maximum absolute atomic E-state index is 12.8. The fourth-order valence-corrected chi connectivity index (χ4v) is 2.55. The van der Waals surface area contributed by atoms with Crippen molar-refractivity contribution in [2.24, 2.45) is 0 Å². The Kier molecular flexibility index (Phi) is 2.96. The van der Waals surface area contributed by atoms with Gasteiger partial charge in [0, 0.05) is 12.6 Å². The van der Waals surface area contributed by atoms with Crippen LogP contribution < -0.4 is 5.32 Å². The van der Waals surface area contributed by atoms with Gasteiger partial charge in [0.15, 0.2) is 5.69 Å². The lowest BCUT2D eigenvalue weighted by Crippen LogP contribution is -2.24. The molecule has 6 heteroatoms. The highest BCUT2D eigenvalue weighted by Crippen LogP contribution is 2.35. The Morgan fingerprint density at radius 1 is 1.30 bits per heavy atom. The molecule has 0 bridgehead atoms. The third-order valence-corrected chi connectivity index (χ3v) is 3.47. The number of benzene rings is 1. The number of halogens is 3. The van der Waals surface area contributed by atoms with Crippen molar-refractivity contribution in [1.82, 2.24) is 9.78 Å². The zero-order valence-electron chi connectivity index (χ0n) is 10.9. The van der Waals surface area contributed by atoms with E-state index >= 15 is 0 Å². The monoisotopic (exact) mass is 281 g/mol. The van der Waals surface area contributed by atoms with Gasteiger partial charge in [0.25, 0.3) is 0 Å². The van der Waals surface area contributed by atoms with Gasteiger partial charge in [0.1, 0.15) is 5.82 Å². The van der Waals surface area contributed by atoms with Gasteiger partial charge in [-0.3, -0.25) is 0 Å². The summed E-state index contributed by atoms with van der Waals surface area (Å²) in [6, 6.07) is 8.73. The third-order valence-electron chi connectivity index (χ3n) is 3.47. The molecule has 1 aliphatic heterocycles. The molecule has 0 amide bonds. The largest absolute Gasteiger partial charge is 0.435 e. The van der Waals surface area contributed by atoms with Crippen LogP contribution in [-0.4, -0.2) is 16.3 Å². The first-order valence-electron chi connectivity index (χ1n) is 6.42. The predicted molar refractivity (Wildman–Crippen MR) is 69.7 cm³/mol. The fourth-order valence-electron chi connectivity index (χ4n) is 2.55. The highest BCUT2D eigenvalue weighted by atomic mass is 19.4. The molecule has 2 heterocycles. The van der Waals surface area contributed by atoms with Gasteiger partial charge in [-0.1, -0.05) is 29.8 Å². The second kappa shape index (κ2) is 4.54. The van der Waals surface area contributed by atoms with Crippen molar-refractivity contribution in [3.63, 3.8) is 0 Å². The van der Waals surface area contributed by atoms with Crippen molar-refractivity contribution >= 4 is 5.82 Å². The standard InChI is InChI=1S/C14H14F3N3/c1-9-3-2-4-10(7-9)11-5-6-18-13-8-12(14(15,16)17)19-20(11)13/h2-4,7-8,11,18H,5-6H2,1H3. The summed E-state index contributed by atoms with van der Waals surface area (Å²) in [7, 11) is 0. The van der Waals surface area contributed by atoms with Gasteiger partial charge in [0.2, 0.25) is 0 Å². The fraction of sp³-hybridized carbons (Fsp3) is 0.357. The second-order valence-corrected chi connectivity index (χ2v) is 5.00. The first-order valence-corrected chi connectivity index (χ1v) is 6.42. The first kappa shape index (κ1) is 13.0. The highest BCUT2D eigenvalue weighted by molar-refractivity contribution is 5.42. The maximum atomic E-state index is 12.8. The van der Waals surface area contributed by atoms with Crippen LogP contribution in [0.3, 0.4) is 0 Å². The Morgan fingerprint density at radius 3 is 2.80 bits per heavy atom. The molecule has 1 atom stereocenters. The van der Waals surface area contributed by atoms with Crippen molar-refractivity contribution in [3.8, 4) is 0 Å². The van der Waals surface area contributed by atoms with Gasteiger partial charge in [0.05, 0.1) is 6.04 Å². The van der Waals surface area contributed by atoms with Gasteiger partial charge < -0.3 is 5.32 Å². The molecule has 1 aromatic heterocycles. The van der Waals surface area contributed by atoms with Crippen LogP contribution in [0.1, 0.15) is 29.3 Å². The maximum Gasteiger partial charge on any atom is 0.435 e. The minimum absolute atomic E-state index is 0.151. The number of hydrogen-bond donors (Lipinski definition) is 1. The molecule has 20 heavy (non-hydrogen) atoms. The van der Waals surface area contributed by atoms with E-state index in [-0.39, 0.29) is 6.04 Å². The van der Waals surface area contributed by atoms with E-state index in [2.05, 4.69) is 10.4 Å². The van der Waals surface area contributed by atoms with Crippen molar-refractivity contribution in [1.29, 1.82) is 0 Å². The minimum atomic E-state index is -4.41. The number of aromatic nitrogens is 2. The summed E-state index contributed by atoms with van der Waals surface area (Å²) < 4.78 is 39.7. The SMILES string of the molecule is Cc1cccc(C2CCNc3cc(C(F)(F)F)nn32)c1. The predicted octanol–water partition coefficient (Wildman–Crippen LogP) is 3.62. The summed E-state index contributed by atoms with van der Waals surface area (Å²) in [6.45, 7) is 2.61. The molecule has 1 aromatic carbocycles. The number of aryl methyl sites for hydroxylation is 1. The first-order chi connectivity index (χ1) is 9.45. The Labute approximate surface area is 114 Å². The Bertz CT molecular complexity index is 631. The van der Waals surface area contributed by atoms with Gasteiger partial charge in [-0.2, -0.15) is 18.3 Å². The number of hydrogen-bond acceptors (Lipinski definition) is 2. The summed E-state index contributed by atoms with van der Waals surface area (Å²) in [5.41, 5.74) is 1.23. The Balaban J connectivity index is 2.04. The molecule has 0 saturated heterocycles. The molecule has 0 aliphatic carbocycles. The van der Waals surface area contributed by atoms with E-state index < -0.39 is 11.9 Å². The van der Waals surface area contributed by atoms with Crippen LogP contribution in [0.5, 0.6) is 0 Å². The van der Waals surface area contributed by atoms with Crippen LogP contribution in [0.2, 0.25) is 0 Å². The second-order valence-electron chi connectivity index (χ2n) is 5.00. The highest BCUT2D eigenvalue weighted by Gasteiger charge is 2.36. The zero-order chi connectivity index (χ0) is 14.3. The number of nitrogens with zero attached hydrogens (tertiary/aromatic N) is 2. The molecule has 1 N–H and O–H groups in total. The number of anilines is 1. The van der Waals surface area contributed by atoms with E-state index in [1.807, 2.05) is 31.2 Å². The Morgan fingerprint density at radius 2 is 2.10 bits per heavy atom. The van der Waals surface area contributed by atoms with Crippen molar-refractivity contribution < 1.29 is 13.2 Å². The molecule has 1 unspecified atom stereocenters. The summed E-state index contributed by atoms with van der Waals surface area (Å²) in [4.78, 5) is 0. The van der Waals surface area contributed by atoms with E-state index in [1.54, 1.807) is 0 Å². The summed E-state index contributed by atoms with van der Waals surface area (Å²) in [6.07, 6.45) is -3.70. The van der Waals surface area contributed by atoms with E-state index in [4.69, 9.17) is 0 Å². The quantitative estimate of drug-likeness (QED) is 0.865. The molecular weight excluding hydrogens is 267 g/mol. The molecule has 2 aromatic rings. The summed E-state index contributed by atoms with van der Waals surface area (Å²) in [5, 5.41) is 6.71. The lowest BCUT2D eigenvalue weighted by atomic mass is 10.0. The molecular formula is C14H14F3N3. The molecule has 106 valence electrons.